The molecule has 0 aliphatic heterocycles. The van der Waals surface area contributed by atoms with E-state index in [1.54, 1.807) is 0 Å². The first-order chi connectivity index (χ1) is 12.1. The van der Waals surface area contributed by atoms with Crippen molar-refractivity contribution in [3.63, 3.8) is 0 Å². The van der Waals surface area contributed by atoms with Gasteiger partial charge in [-0.05, 0) is 57.0 Å². The minimum Gasteiger partial charge on any atom is -0.350 e. The second kappa shape index (κ2) is 8.20. The lowest BCUT2D eigenvalue weighted by Crippen LogP contribution is -2.52. The quantitative estimate of drug-likeness (QED) is 0.790. The van der Waals surface area contributed by atoms with Crippen molar-refractivity contribution in [1.29, 1.82) is 0 Å². The molecule has 2 aromatic carbocycles. The molecular formula is C19H23ClN2O3S. The monoisotopic (exact) mass is 394 g/mol. The molecule has 7 heteroatoms. The summed E-state index contributed by atoms with van der Waals surface area (Å²) in [6, 6.07) is 14.2. The van der Waals surface area contributed by atoms with Crippen LogP contribution in [0.4, 0.5) is 0 Å². The molecule has 0 heterocycles. The van der Waals surface area contributed by atoms with Gasteiger partial charge in [0, 0.05) is 10.6 Å². The maximum absolute atomic E-state index is 12.7. The Morgan fingerprint density at radius 2 is 1.62 bits per heavy atom. The number of hydrogen-bond acceptors (Lipinski definition) is 3. The zero-order valence-electron chi connectivity index (χ0n) is 15.0. The standard InChI is InChI=1S/C19H23ClN2O3S/c1-19(2,3)21-18(23)17(13-14-7-5-4-6-8-14)22-26(24,25)16-11-9-15(20)10-12-16/h4-12,17,22H,13H2,1-3H3,(H,21,23)/t17-/m1/s1. The third kappa shape index (κ3) is 6.12. The van der Waals surface area contributed by atoms with Gasteiger partial charge in [0.15, 0.2) is 0 Å². The lowest BCUT2D eigenvalue weighted by atomic mass is 10.0. The summed E-state index contributed by atoms with van der Waals surface area (Å²) in [5.41, 5.74) is 0.387. The number of carbonyl (C=O) groups excluding carboxylic acids is 1. The van der Waals surface area contributed by atoms with E-state index in [1.807, 2.05) is 51.1 Å². The SMILES string of the molecule is CC(C)(C)NC(=O)[C@@H](Cc1ccccc1)NS(=O)(=O)c1ccc(Cl)cc1. The summed E-state index contributed by atoms with van der Waals surface area (Å²) in [4.78, 5) is 12.7. The lowest BCUT2D eigenvalue weighted by molar-refractivity contribution is -0.124. The maximum atomic E-state index is 12.7. The van der Waals surface area contributed by atoms with Gasteiger partial charge in [-0.25, -0.2) is 8.42 Å². The fourth-order valence-electron chi connectivity index (χ4n) is 2.36. The molecule has 2 N–H and O–H groups in total. The van der Waals surface area contributed by atoms with Gasteiger partial charge >= 0.3 is 0 Å². The average molecular weight is 395 g/mol. The minimum atomic E-state index is -3.87. The van der Waals surface area contributed by atoms with E-state index in [4.69, 9.17) is 11.6 Å². The van der Waals surface area contributed by atoms with Crippen LogP contribution in [0.2, 0.25) is 5.02 Å². The van der Waals surface area contributed by atoms with Crippen molar-refractivity contribution >= 4 is 27.5 Å². The second-order valence-electron chi connectivity index (χ2n) is 7.06. The Morgan fingerprint density at radius 3 is 2.15 bits per heavy atom. The molecule has 0 aliphatic carbocycles. The number of hydrogen-bond donors (Lipinski definition) is 2. The Labute approximate surface area is 159 Å². The van der Waals surface area contributed by atoms with Crippen molar-refractivity contribution in [2.24, 2.45) is 0 Å². The molecule has 140 valence electrons. The largest absolute Gasteiger partial charge is 0.350 e. The Hall–Kier alpha value is -1.89. The number of carbonyl (C=O) groups is 1. The van der Waals surface area contributed by atoms with Gasteiger partial charge in [0.25, 0.3) is 0 Å². The predicted molar refractivity (Wildman–Crippen MR) is 104 cm³/mol. The van der Waals surface area contributed by atoms with Gasteiger partial charge in [-0.1, -0.05) is 41.9 Å². The Balaban J connectivity index is 2.27. The molecule has 0 spiro atoms. The summed E-state index contributed by atoms with van der Waals surface area (Å²) in [5.74, 6) is -0.376. The molecule has 0 aromatic heterocycles. The molecule has 0 saturated carbocycles. The van der Waals surface area contributed by atoms with Crippen LogP contribution in [0.5, 0.6) is 0 Å². The van der Waals surface area contributed by atoms with Crippen LogP contribution in [0.15, 0.2) is 59.5 Å². The highest BCUT2D eigenvalue weighted by atomic mass is 35.5. The van der Waals surface area contributed by atoms with Crippen molar-refractivity contribution in [3.8, 4) is 0 Å². The Kier molecular flexibility index (Phi) is 6.44. The number of nitrogens with one attached hydrogen (secondary N) is 2. The number of amides is 1. The summed E-state index contributed by atoms with van der Waals surface area (Å²) in [6.45, 7) is 5.54. The van der Waals surface area contributed by atoms with E-state index >= 15 is 0 Å². The molecule has 0 unspecified atom stereocenters. The van der Waals surface area contributed by atoms with E-state index in [0.29, 0.717) is 5.02 Å². The molecule has 2 aromatic rings. The Bertz CT molecular complexity index is 845. The van der Waals surface area contributed by atoms with Crippen LogP contribution in [0.1, 0.15) is 26.3 Å². The van der Waals surface area contributed by atoms with Crippen LogP contribution in [0, 0.1) is 0 Å². The van der Waals surface area contributed by atoms with Gasteiger partial charge in [0.1, 0.15) is 6.04 Å². The minimum absolute atomic E-state index is 0.0588. The molecule has 0 fully saturated rings. The van der Waals surface area contributed by atoms with Crippen molar-refractivity contribution in [3.05, 3.63) is 65.2 Å². The van der Waals surface area contributed by atoms with E-state index in [1.165, 1.54) is 24.3 Å². The smallest absolute Gasteiger partial charge is 0.241 e. The van der Waals surface area contributed by atoms with Gasteiger partial charge in [0.05, 0.1) is 4.90 Å². The van der Waals surface area contributed by atoms with Gasteiger partial charge < -0.3 is 5.32 Å². The summed E-state index contributed by atoms with van der Waals surface area (Å²) >= 11 is 5.82. The van der Waals surface area contributed by atoms with Crippen LogP contribution in [-0.2, 0) is 21.2 Å². The van der Waals surface area contributed by atoms with Gasteiger partial charge in [-0.3, -0.25) is 4.79 Å². The molecule has 5 nitrogen and oxygen atoms in total. The highest BCUT2D eigenvalue weighted by Gasteiger charge is 2.28. The third-order valence-corrected chi connectivity index (χ3v) is 5.26. The molecule has 1 amide bonds. The van der Waals surface area contributed by atoms with Crippen molar-refractivity contribution in [2.45, 2.75) is 43.7 Å². The first-order valence-corrected chi connectivity index (χ1v) is 10.1. The van der Waals surface area contributed by atoms with Crippen LogP contribution in [0.25, 0.3) is 0 Å². The van der Waals surface area contributed by atoms with E-state index < -0.39 is 21.6 Å². The molecule has 26 heavy (non-hydrogen) atoms. The fraction of sp³-hybridized carbons (Fsp3) is 0.316. The number of halogens is 1. The molecule has 2 rings (SSSR count). The zero-order chi connectivity index (χ0) is 19.4. The first kappa shape index (κ1) is 20.4. The van der Waals surface area contributed by atoms with Crippen molar-refractivity contribution in [2.75, 3.05) is 0 Å². The second-order valence-corrected chi connectivity index (χ2v) is 9.21. The molecule has 0 bridgehead atoms. The van der Waals surface area contributed by atoms with E-state index in [2.05, 4.69) is 10.0 Å². The summed E-state index contributed by atoms with van der Waals surface area (Å²) < 4.78 is 27.9. The van der Waals surface area contributed by atoms with Crippen LogP contribution >= 0.6 is 11.6 Å². The number of benzene rings is 2. The van der Waals surface area contributed by atoms with Crippen LogP contribution in [-0.4, -0.2) is 25.9 Å². The lowest BCUT2D eigenvalue weighted by Gasteiger charge is -2.25. The highest BCUT2D eigenvalue weighted by molar-refractivity contribution is 7.89. The Morgan fingerprint density at radius 1 is 1.04 bits per heavy atom. The third-order valence-electron chi connectivity index (χ3n) is 3.52. The van der Waals surface area contributed by atoms with Gasteiger partial charge in [-0.15, -0.1) is 0 Å². The molecule has 0 radical (unpaired) electrons. The maximum Gasteiger partial charge on any atom is 0.241 e. The summed E-state index contributed by atoms with van der Waals surface area (Å²) in [5, 5.41) is 3.28. The normalized spacial score (nSPS) is 13.2. The fourth-order valence-corrected chi connectivity index (χ4v) is 3.68. The van der Waals surface area contributed by atoms with Gasteiger partial charge in [-0.2, -0.15) is 4.72 Å². The van der Waals surface area contributed by atoms with E-state index in [0.717, 1.165) is 5.56 Å². The topological polar surface area (TPSA) is 75.3 Å². The first-order valence-electron chi connectivity index (χ1n) is 8.21. The number of rotatable bonds is 6. The van der Waals surface area contributed by atoms with E-state index in [-0.39, 0.29) is 17.2 Å². The summed E-state index contributed by atoms with van der Waals surface area (Å²) in [7, 11) is -3.87. The molecule has 1 atom stereocenters. The summed E-state index contributed by atoms with van der Waals surface area (Å²) in [6.07, 6.45) is 0.246. The van der Waals surface area contributed by atoms with Crippen LogP contribution in [0.3, 0.4) is 0 Å². The molecule has 0 aliphatic rings. The van der Waals surface area contributed by atoms with Gasteiger partial charge in [0.2, 0.25) is 15.9 Å². The van der Waals surface area contributed by atoms with E-state index in [9.17, 15) is 13.2 Å². The molecular weight excluding hydrogens is 372 g/mol. The zero-order valence-corrected chi connectivity index (χ0v) is 16.6. The van der Waals surface area contributed by atoms with Crippen LogP contribution < -0.4 is 10.0 Å². The number of sulfonamides is 1. The average Bonchev–Trinajstić information content (AvgIpc) is 2.54. The molecule has 0 saturated heterocycles. The van der Waals surface area contributed by atoms with Crippen molar-refractivity contribution < 1.29 is 13.2 Å². The van der Waals surface area contributed by atoms with Crippen molar-refractivity contribution in [1.82, 2.24) is 10.0 Å². The predicted octanol–water partition coefficient (Wildman–Crippen LogP) is 3.14. The highest BCUT2D eigenvalue weighted by Crippen LogP contribution is 2.15.